The Kier molecular flexibility index (Phi) is 5.33. The summed E-state index contributed by atoms with van der Waals surface area (Å²) in [4.78, 5) is 1.33. The minimum Gasteiger partial charge on any atom is -0.489 e. The van der Waals surface area contributed by atoms with Crippen LogP contribution in [0.1, 0.15) is 0 Å². The van der Waals surface area contributed by atoms with Crippen molar-refractivity contribution in [1.82, 2.24) is 0 Å². The van der Waals surface area contributed by atoms with Crippen molar-refractivity contribution in [2.45, 2.75) is 18.6 Å². The molecule has 0 fully saturated rings. The summed E-state index contributed by atoms with van der Waals surface area (Å²) in [6.45, 7) is -0.491. The van der Waals surface area contributed by atoms with Crippen LogP contribution in [0.2, 0.25) is 0 Å². The quantitative estimate of drug-likeness (QED) is 0.765. The van der Waals surface area contributed by atoms with Gasteiger partial charge in [0.15, 0.2) is 11.9 Å². The fraction of sp³-hybridized carbons (Fsp3) is 0.333. The Balaban J connectivity index is 1.94. The maximum absolute atomic E-state index is 12.7. The van der Waals surface area contributed by atoms with E-state index in [0.29, 0.717) is 16.8 Å². The summed E-state index contributed by atoms with van der Waals surface area (Å²) in [5, 5.41) is 9.36. The minimum atomic E-state index is -4.85. The van der Waals surface area contributed by atoms with Gasteiger partial charge < -0.3 is 19.5 Å². The first kappa shape index (κ1) is 20.1. The highest BCUT2D eigenvalue weighted by Gasteiger charge is 2.40. The number of nitrogens with zero attached hydrogens (tertiary/aromatic N) is 1. The molecule has 1 heterocycles. The molecule has 2 aromatic rings. The number of para-hydroxylation sites is 1. The van der Waals surface area contributed by atoms with Gasteiger partial charge in [-0.2, -0.15) is 13.2 Å². The Hall–Kier alpha value is -2.62. The van der Waals surface area contributed by atoms with Crippen molar-refractivity contribution in [3.05, 3.63) is 42.5 Å². The number of β-amino-alcohol motifs (C(OH)–C–C–N with tert-alkyl or cyclic N) is 1. The van der Waals surface area contributed by atoms with Crippen LogP contribution < -0.4 is 14.4 Å². The van der Waals surface area contributed by atoms with E-state index in [0.717, 1.165) is 12.1 Å². The van der Waals surface area contributed by atoms with Crippen LogP contribution in [0.3, 0.4) is 0 Å². The number of benzene rings is 2. The van der Waals surface area contributed by atoms with Crippen molar-refractivity contribution < 1.29 is 40.9 Å². The second kappa shape index (κ2) is 7.42. The van der Waals surface area contributed by atoms with Crippen LogP contribution in [0.4, 0.5) is 32.0 Å². The molecule has 1 N–H and O–H groups in total. The van der Waals surface area contributed by atoms with Gasteiger partial charge in [-0.05, 0) is 23.8 Å². The molecule has 0 amide bonds. The fourth-order valence-corrected chi connectivity index (χ4v) is 2.89. The summed E-state index contributed by atoms with van der Waals surface area (Å²) in [7, 11) is 0. The van der Waals surface area contributed by atoms with Gasteiger partial charge in [0, 0.05) is 5.56 Å². The number of anilines is 1. The van der Waals surface area contributed by atoms with Crippen LogP contribution in [0.15, 0.2) is 42.5 Å². The number of aliphatic hydroxyl groups excluding tert-OH is 1. The number of fused-ring (bicyclic) bond motifs is 1. The number of alkyl halides is 6. The van der Waals surface area contributed by atoms with E-state index in [1.54, 1.807) is 12.1 Å². The average Bonchev–Trinajstić information content (AvgIpc) is 2.59. The predicted molar refractivity (Wildman–Crippen MR) is 88.3 cm³/mol. The number of rotatable bonds is 4. The molecule has 28 heavy (non-hydrogen) atoms. The summed E-state index contributed by atoms with van der Waals surface area (Å²) >= 11 is 0. The zero-order chi connectivity index (χ0) is 20.5. The number of hydrogen-bond acceptors (Lipinski definition) is 4. The third-order valence-electron chi connectivity index (χ3n) is 4.09. The molecule has 1 aliphatic heterocycles. The Bertz CT molecular complexity index is 837. The van der Waals surface area contributed by atoms with E-state index in [9.17, 15) is 31.4 Å². The molecule has 4 nitrogen and oxygen atoms in total. The van der Waals surface area contributed by atoms with E-state index in [4.69, 9.17) is 4.74 Å². The maximum atomic E-state index is 12.7. The summed E-state index contributed by atoms with van der Waals surface area (Å²) in [6.07, 6.45) is -12.2. The van der Waals surface area contributed by atoms with Gasteiger partial charge in [-0.1, -0.05) is 24.3 Å². The van der Waals surface area contributed by atoms with Crippen LogP contribution in [-0.2, 0) is 0 Å². The molecule has 1 aliphatic rings. The number of aliphatic hydroxyl groups is 1. The Morgan fingerprint density at radius 2 is 1.79 bits per heavy atom. The lowest BCUT2D eigenvalue weighted by atomic mass is 10.0. The highest BCUT2D eigenvalue weighted by Crippen LogP contribution is 2.42. The van der Waals surface area contributed by atoms with Crippen LogP contribution >= 0.6 is 0 Å². The molecule has 0 bridgehead atoms. The summed E-state index contributed by atoms with van der Waals surface area (Å²) in [5.41, 5.74) is 1.06. The van der Waals surface area contributed by atoms with Crippen molar-refractivity contribution in [2.75, 3.05) is 24.6 Å². The lowest BCUT2D eigenvalue weighted by Crippen LogP contribution is -2.44. The van der Waals surface area contributed by atoms with E-state index >= 15 is 0 Å². The van der Waals surface area contributed by atoms with Gasteiger partial charge in [-0.25, -0.2) is 0 Å². The largest absolute Gasteiger partial charge is 0.573 e. The molecule has 0 aliphatic carbocycles. The molecule has 3 rings (SSSR count). The zero-order valence-corrected chi connectivity index (χ0v) is 14.2. The van der Waals surface area contributed by atoms with Crippen molar-refractivity contribution in [3.63, 3.8) is 0 Å². The summed E-state index contributed by atoms with van der Waals surface area (Å²) in [6, 6.07) is 9.85. The molecule has 0 spiro atoms. The molecule has 10 heteroatoms. The third-order valence-corrected chi connectivity index (χ3v) is 4.09. The van der Waals surface area contributed by atoms with Gasteiger partial charge >= 0.3 is 12.5 Å². The van der Waals surface area contributed by atoms with Gasteiger partial charge in [-0.3, -0.25) is 0 Å². The number of halogens is 6. The Morgan fingerprint density at radius 3 is 2.46 bits per heavy atom. The van der Waals surface area contributed by atoms with Gasteiger partial charge in [0.2, 0.25) is 0 Å². The summed E-state index contributed by atoms with van der Waals surface area (Å²) < 4.78 is 84.9. The summed E-state index contributed by atoms with van der Waals surface area (Å²) in [5.74, 6) is -0.199. The van der Waals surface area contributed by atoms with E-state index in [2.05, 4.69) is 4.74 Å². The molecule has 0 aromatic heterocycles. The fourth-order valence-electron chi connectivity index (χ4n) is 2.89. The molecule has 1 atom stereocenters. The van der Waals surface area contributed by atoms with Crippen molar-refractivity contribution in [3.8, 4) is 22.6 Å². The molecule has 0 saturated carbocycles. The van der Waals surface area contributed by atoms with E-state index < -0.39 is 30.9 Å². The molecular weight excluding hydrogens is 392 g/mol. The van der Waals surface area contributed by atoms with Gasteiger partial charge in [-0.15, -0.1) is 13.2 Å². The van der Waals surface area contributed by atoms with Crippen LogP contribution in [0, 0.1) is 0 Å². The third kappa shape index (κ3) is 4.61. The number of hydrogen-bond donors (Lipinski definition) is 1. The first-order chi connectivity index (χ1) is 13.0. The lowest BCUT2D eigenvalue weighted by molar-refractivity contribution is -0.274. The van der Waals surface area contributed by atoms with Crippen molar-refractivity contribution in [1.29, 1.82) is 0 Å². The van der Waals surface area contributed by atoms with Crippen molar-refractivity contribution in [2.24, 2.45) is 0 Å². The minimum absolute atomic E-state index is 0.0628. The SMILES string of the molecule is O[C@@H](CN1CCOc2c(-c3cccc(OC(F)(F)F)c3)cccc21)C(F)(F)F. The predicted octanol–water partition coefficient (Wildman–Crippen LogP) is 4.37. The highest BCUT2D eigenvalue weighted by atomic mass is 19.4. The molecule has 0 unspecified atom stereocenters. The van der Waals surface area contributed by atoms with Gasteiger partial charge in [0.25, 0.3) is 0 Å². The normalized spacial score (nSPS) is 15.6. The van der Waals surface area contributed by atoms with E-state index in [1.165, 1.54) is 23.1 Å². The molecule has 2 aromatic carbocycles. The topological polar surface area (TPSA) is 41.9 Å². The maximum Gasteiger partial charge on any atom is 0.573 e. The van der Waals surface area contributed by atoms with Gasteiger partial charge in [0.1, 0.15) is 12.4 Å². The zero-order valence-electron chi connectivity index (χ0n) is 14.2. The Labute approximate surface area is 155 Å². The lowest BCUT2D eigenvalue weighted by Gasteiger charge is -2.34. The van der Waals surface area contributed by atoms with Crippen LogP contribution in [-0.4, -0.2) is 43.4 Å². The molecule has 0 saturated heterocycles. The van der Waals surface area contributed by atoms with Crippen molar-refractivity contribution >= 4 is 5.69 Å². The average molecular weight is 407 g/mol. The second-order valence-corrected chi connectivity index (χ2v) is 6.08. The standard InChI is InChI=1S/C18H15F6NO3/c19-17(20,21)15(26)10-25-7-8-27-16-13(5-2-6-14(16)25)11-3-1-4-12(9-11)28-18(22,23)24/h1-6,9,15,26H,7-8,10H2/t15-/m0/s1. The molecular formula is C18H15F6NO3. The second-order valence-electron chi connectivity index (χ2n) is 6.08. The number of ether oxygens (including phenoxy) is 2. The monoisotopic (exact) mass is 407 g/mol. The van der Waals surface area contributed by atoms with Crippen LogP contribution in [0.5, 0.6) is 11.5 Å². The van der Waals surface area contributed by atoms with Crippen LogP contribution in [0.25, 0.3) is 11.1 Å². The first-order valence-electron chi connectivity index (χ1n) is 8.16. The molecule has 152 valence electrons. The Morgan fingerprint density at radius 1 is 1.07 bits per heavy atom. The highest BCUT2D eigenvalue weighted by molar-refractivity contribution is 5.80. The van der Waals surface area contributed by atoms with Gasteiger partial charge in [0.05, 0.1) is 18.8 Å². The first-order valence-corrected chi connectivity index (χ1v) is 8.16. The van der Waals surface area contributed by atoms with E-state index in [-0.39, 0.29) is 18.9 Å². The smallest absolute Gasteiger partial charge is 0.489 e. The molecule has 0 radical (unpaired) electrons. The van der Waals surface area contributed by atoms with E-state index in [1.807, 2.05) is 0 Å².